The van der Waals surface area contributed by atoms with Crippen LogP contribution in [0.15, 0.2) is 101 Å². The molecular weight excluding hydrogens is 657 g/mol. The Hall–Kier alpha value is -5.57. The van der Waals surface area contributed by atoms with Crippen molar-refractivity contribution in [3.05, 3.63) is 146 Å². The first-order valence-electron chi connectivity index (χ1n) is 14.9. The number of aromatic nitrogens is 3. The molecule has 3 aromatic carbocycles. The summed E-state index contributed by atoms with van der Waals surface area (Å²) in [7, 11) is 3.19. The number of fused-ring (bicyclic) bond motifs is 1. The molecule has 0 radical (unpaired) electrons. The lowest BCUT2D eigenvalue weighted by molar-refractivity contribution is 0.114. The van der Waals surface area contributed by atoms with Crippen LogP contribution in [0.3, 0.4) is 0 Å². The van der Waals surface area contributed by atoms with E-state index in [1.807, 2.05) is 42.3 Å². The quantitative estimate of drug-likeness (QED) is 0.170. The van der Waals surface area contributed by atoms with Crippen molar-refractivity contribution in [2.75, 3.05) is 19.5 Å². The second-order valence-electron chi connectivity index (χ2n) is 11.1. The molecule has 0 spiro atoms. The molecule has 0 aliphatic heterocycles. The monoisotopic (exact) mass is 686 g/mol. The number of benzene rings is 3. The summed E-state index contributed by atoms with van der Waals surface area (Å²) < 4.78 is 45.8. The van der Waals surface area contributed by atoms with Crippen molar-refractivity contribution in [1.29, 1.82) is 0 Å². The molecule has 2 amide bonds. The van der Waals surface area contributed by atoms with Gasteiger partial charge in [0.1, 0.15) is 28.1 Å². The zero-order chi connectivity index (χ0) is 34.7. The van der Waals surface area contributed by atoms with Gasteiger partial charge in [-0.2, -0.15) is 0 Å². The molecule has 0 aliphatic rings. The number of nitrogens with zero attached hydrogens (tertiary/aromatic N) is 4. The molecule has 6 aromatic rings. The molecule has 0 saturated heterocycles. The minimum Gasteiger partial charge on any atom is -0.306 e. The highest BCUT2D eigenvalue weighted by Crippen LogP contribution is 2.38. The SMILES string of the molecule is CONC(=O)Nc1ccc(-c2sc3c(c2CN(C)Cc2ccccc2)c(=O)n(-c2ccc(F)cn2)c(=O)n3Cc2c(F)cccc2F)cc1. The van der Waals surface area contributed by atoms with Gasteiger partial charge in [0, 0.05) is 29.2 Å². The Morgan fingerprint density at radius 2 is 1.61 bits per heavy atom. The number of anilines is 1. The normalized spacial score (nSPS) is 11.3. The predicted molar refractivity (Wildman–Crippen MR) is 181 cm³/mol. The zero-order valence-electron chi connectivity index (χ0n) is 26.2. The van der Waals surface area contributed by atoms with Crippen molar-refractivity contribution in [2.24, 2.45) is 0 Å². The van der Waals surface area contributed by atoms with Crippen LogP contribution >= 0.6 is 11.3 Å². The van der Waals surface area contributed by atoms with Gasteiger partial charge in [0.05, 0.1) is 25.2 Å². The van der Waals surface area contributed by atoms with Crippen LogP contribution in [-0.4, -0.2) is 39.2 Å². The first-order chi connectivity index (χ1) is 23.6. The second-order valence-corrected chi connectivity index (χ2v) is 12.1. The van der Waals surface area contributed by atoms with Gasteiger partial charge in [0.15, 0.2) is 0 Å². The van der Waals surface area contributed by atoms with Gasteiger partial charge in [-0.1, -0.05) is 48.5 Å². The number of hydrogen-bond donors (Lipinski definition) is 2. The minimum atomic E-state index is -0.903. The van der Waals surface area contributed by atoms with E-state index in [0.717, 1.165) is 50.4 Å². The third kappa shape index (κ3) is 7.02. The molecule has 49 heavy (non-hydrogen) atoms. The molecule has 250 valence electrons. The Kier molecular flexibility index (Phi) is 9.71. The van der Waals surface area contributed by atoms with Crippen LogP contribution in [0.4, 0.5) is 23.7 Å². The van der Waals surface area contributed by atoms with Gasteiger partial charge in [0.25, 0.3) is 5.56 Å². The van der Waals surface area contributed by atoms with Gasteiger partial charge in [0.2, 0.25) is 0 Å². The third-order valence-electron chi connectivity index (χ3n) is 7.71. The fourth-order valence-electron chi connectivity index (χ4n) is 5.51. The van der Waals surface area contributed by atoms with Crippen molar-refractivity contribution in [3.63, 3.8) is 0 Å². The van der Waals surface area contributed by atoms with E-state index in [1.54, 1.807) is 24.3 Å². The molecule has 0 unspecified atom stereocenters. The summed E-state index contributed by atoms with van der Waals surface area (Å²) in [5.74, 6) is -2.55. The van der Waals surface area contributed by atoms with E-state index in [4.69, 9.17) is 0 Å². The maximum absolute atomic E-state index is 15.0. The lowest BCUT2D eigenvalue weighted by atomic mass is 10.1. The fourth-order valence-corrected chi connectivity index (χ4v) is 6.81. The molecule has 0 fully saturated rings. The summed E-state index contributed by atoms with van der Waals surface area (Å²) in [6.07, 6.45) is 0.877. The second kappa shape index (κ2) is 14.3. The molecule has 0 atom stereocenters. The summed E-state index contributed by atoms with van der Waals surface area (Å²) >= 11 is 1.12. The van der Waals surface area contributed by atoms with E-state index in [9.17, 15) is 27.6 Å². The first-order valence-corrected chi connectivity index (χ1v) is 15.7. The summed E-state index contributed by atoms with van der Waals surface area (Å²) in [5.41, 5.74) is 2.88. The maximum atomic E-state index is 15.0. The molecule has 0 aliphatic carbocycles. The number of rotatable bonds is 10. The van der Waals surface area contributed by atoms with Crippen LogP contribution in [-0.2, 0) is 24.5 Å². The van der Waals surface area contributed by atoms with Crippen LogP contribution < -0.4 is 22.0 Å². The smallest absolute Gasteiger partial charge is 0.306 e. The molecule has 14 heteroatoms. The average molecular weight is 687 g/mol. The lowest BCUT2D eigenvalue weighted by Crippen LogP contribution is -2.39. The first kappa shape index (κ1) is 33.3. The number of halogens is 3. The van der Waals surface area contributed by atoms with Gasteiger partial charge < -0.3 is 5.32 Å². The molecule has 3 heterocycles. The van der Waals surface area contributed by atoms with Gasteiger partial charge >= 0.3 is 11.7 Å². The zero-order valence-corrected chi connectivity index (χ0v) is 27.1. The molecule has 0 saturated carbocycles. The number of thiophene rings is 1. The molecule has 2 N–H and O–H groups in total. The highest BCUT2D eigenvalue weighted by Gasteiger charge is 2.26. The van der Waals surface area contributed by atoms with Crippen molar-refractivity contribution >= 4 is 33.3 Å². The largest absolute Gasteiger partial charge is 0.343 e. The van der Waals surface area contributed by atoms with E-state index in [-0.39, 0.29) is 28.1 Å². The number of carbonyl (C=O) groups excluding carboxylic acids is 1. The number of hydroxylamine groups is 1. The van der Waals surface area contributed by atoms with Crippen molar-refractivity contribution in [2.45, 2.75) is 19.6 Å². The van der Waals surface area contributed by atoms with Crippen molar-refractivity contribution in [1.82, 2.24) is 24.5 Å². The average Bonchev–Trinajstić information content (AvgIpc) is 3.45. The van der Waals surface area contributed by atoms with Gasteiger partial charge in [-0.25, -0.2) is 37.8 Å². The fraction of sp³-hybridized carbons (Fsp3) is 0.143. The standard InChI is InChI=1S/C35H29F3N6O4S/c1-42(18-21-7-4-3-5-8-21)19-26-30-32(45)44(29-16-13-23(36)17-39-29)35(47)43(20-25-27(37)9-6-10-28(25)38)33(30)49-31(26)22-11-14-24(15-12-22)40-34(46)41-48-2/h3-17H,18-20H2,1-2H3,(H2,40,41,46). The maximum Gasteiger partial charge on any atom is 0.343 e. The third-order valence-corrected chi connectivity index (χ3v) is 9.02. The number of pyridine rings is 1. The van der Waals surface area contributed by atoms with Crippen LogP contribution in [0.25, 0.3) is 26.5 Å². The van der Waals surface area contributed by atoms with E-state index in [1.165, 1.54) is 19.2 Å². The van der Waals surface area contributed by atoms with Gasteiger partial charge in [-0.15, -0.1) is 11.3 Å². The van der Waals surface area contributed by atoms with E-state index in [0.29, 0.717) is 28.2 Å². The van der Waals surface area contributed by atoms with E-state index in [2.05, 4.69) is 20.6 Å². The van der Waals surface area contributed by atoms with Crippen LogP contribution in [0, 0.1) is 17.5 Å². The van der Waals surface area contributed by atoms with Crippen LogP contribution in [0.2, 0.25) is 0 Å². The minimum absolute atomic E-state index is 0.143. The number of carbonyl (C=O) groups is 1. The predicted octanol–water partition coefficient (Wildman–Crippen LogP) is 6.06. The highest BCUT2D eigenvalue weighted by atomic mass is 32.1. The number of amides is 2. The van der Waals surface area contributed by atoms with Crippen LogP contribution in [0.5, 0.6) is 0 Å². The number of urea groups is 1. The Morgan fingerprint density at radius 1 is 0.898 bits per heavy atom. The summed E-state index contributed by atoms with van der Waals surface area (Å²) in [6, 6.07) is 21.6. The summed E-state index contributed by atoms with van der Waals surface area (Å²) in [5, 5.41) is 2.77. The summed E-state index contributed by atoms with van der Waals surface area (Å²) in [4.78, 5) is 51.9. The Bertz CT molecular complexity index is 2240. The van der Waals surface area contributed by atoms with Gasteiger partial charge in [-0.3, -0.25) is 19.1 Å². The molecular formula is C35H29F3N6O4S. The van der Waals surface area contributed by atoms with Crippen LogP contribution in [0.1, 0.15) is 16.7 Å². The van der Waals surface area contributed by atoms with Crippen molar-refractivity contribution in [3.8, 4) is 16.3 Å². The lowest BCUT2D eigenvalue weighted by Gasteiger charge is -2.18. The Labute approximate surface area is 281 Å². The highest BCUT2D eigenvalue weighted by molar-refractivity contribution is 7.22. The van der Waals surface area contributed by atoms with E-state index < -0.39 is 41.3 Å². The number of hydrogen-bond acceptors (Lipinski definition) is 7. The topological polar surface area (TPSA) is 110 Å². The molecule has 3 aromatic heterocycles. The van der Waals surface area contributed by atoms with Crippen molar-refractivity contribution < 1.29 is 22.8 Å². The molecule has 10 nitrogen and oxygen atoms in total. The molecule has 0 bridgehead atoms. The molecule has 6 rings (SSSR count). The van der Waals surface area contributed by atoms with E-state index >= 15 is 0 Å². The number of nitrogens with one attached hydrogen (secondary N) is 2. The summed E-state index contributed by atoms with van der Waals surface area (Å²) in [6.45, 7) is 0.216. The van der Waals surface area contributed by atoms with Gasteiger partial charge in [-0.05, 0) is 60.1 Å². The Morgan fingerprint density at radius 3 is 2.27 bits per heavy atom. The Balaban J connectivity index is 1.59.